The lowest BCUT2D eigenvalue weighted by molar-refractivity contribution is 0.0725. The first-order chi connectivity index (χ1) is 16.6. The zero-order chi connectivity index (χ0) is 23.5. The first kappa shape index (κ1) is 22.4. The molecule has 1 saturated heterocycles. The second-order valence-corrected chi connectivity index (χ2v) is 8.53. The van der Waals surface area contributed by atoms with Gasteiger partial charge >= 0.3 is 0 Å². The molecule has 5 rings (SSSR count). The van der Waals surface area contributed by atoms with E-state index >= 15 is 0 Å². The van der Waals surface area contributed by atoms with Crippen LogP contribution >= 0.6 is 11.6 Å². The molecule has 2 aliphatic rings. The number of halogens is 1. The number of hydrogen-bond donors (Lipinski definition) is 1. The standard InChI is InChI=1S/C24H25ClN6O3/c1-33-18-6-7-20(26-14-18)23(32)31-9-8-19-21(15-31)28-24(30-10-12-34-13-11-30)29-22(19)27-17-4-2-16(25)3-5-17/h2-7,14H,8-13,15H2,1H3,(H,27,28,29). The average Bonchev–Trinajstić information content (AvgIpc) is 2.89. The van der Waals surface area contributed by atoms with Gasteiger partial charge in [-0.25, -0.2) is 9.97 Å². The molecule has 0 unspecified atom stereocenters. The van der Waals surface area contributed by atoms with E-state index in [-0.39, 0.29) is 5.91 Å². The molecule has 0 bridgehead atoms. The summed E-state index contributed by atoms with van der Waals surface area (Å²) >= 11 is 6.05. The molecule has 4 heterocycles. The Morgan fingerprint density at radius 2 is 1.88 bits per heavy atom. The summed E-state index contributed by atoms with van der Waals surface area (Å²) in [6, 6.07) is 10.9. The maximum absolute atomic E-state index is 13.1. The van der Waals surface area contributed by atoms with Crippen LogP contribution in [0, 0.1) is 0 Å². The lowest BCUT2D eigenvalue weighted by Crippen LogP contribution is -2.40. The number of carbonyl (C=O) groups excluding carboxylic acids is 1. The van der Waals surface area contributed by atoms with Crippen molar-refractivity contribution in [3.8, 4) is 5.75 Å². The van der Waals surface area contributed by atoms with Gasteiger partial charge in [-0.15, -0.1) is 0 Å². The van der Waals surface area contributed by atoms with Crippen LogP contribution in [0.25, 0.3) is 0 Å². The number of amides is 1. The Morgan fingerprint density at radius 3 is 2.59 bits per heavy atom. The minimum Gasteiger partial charge on any atom is -0.495 e. The normalized spacial score (nSPS) is 15.6. The van der Waals surface area contributed by atoms with E-state index in [2.05, 4.69) is 15.2 Å². The van der Waals surface area contributed by atoms with E-state index in [4.69, 9.17) is 31.0 Å². The summed E-state index contributed by atoms with van der Waals surface area (Å²) < 4.78 is 10.6. The van der Waals surface area contributed by atoms with Gasteiger partial charge in [0.15, 0.2) is 0 Å². The molecule has 2 aromatic heterocycles. The van der Waals surface area contributed by atoms with Crippen molar-refractivity contribution in [1.82, 2.24) is 19.9 Å². The van der Waals surface area contributed by atoms with Crippen molar-refractivity contribution < 1.29 is 14.3 Å². The van der Waals surface area contributed by atoms with E-state index in [1.165, 1.54) is 0 Å². The van der Waals surface area contributed by atoms with E-state index in [1.54, 1.807) is 30.3 Å². The number of anilines is 3. The molecule has 0 radical (unpaired) electrons. The summed E-state index contributed by atoms with van der Waals surface area (Å²) in [4.78, 5) is 31.0. The SMILES string of the molecule is COc1ccc(C(=O)N2CCc3c(nc(N4CCOCC4)nc3Nc3ccc(Cl)cc3)C2)nc1. The van der Waals surface area contributed by atoms with E-state index in [9.17, 15) is 4.79 Å². The molecular formula is C24H25ClN6O3. The number of nitrogens with zero attached hydrogens (tertiary/aromatic N) is 5. The summed E-state index contributed by atoms with van der Waals surface area (Å²) in [5.41, 5.74) is 3.12. The Bertz CT molecular complexity index is 1170. The van der Waals surface area contributed by atoms with Gasteiger partial charge in [0.25, 0.3) is 5.91 Å². The van der Waals surface area contributed by atoms with Crippen molar-refractivity contribution in [2.75, 3.05) is 50.2 Å². The highest BCUT2D eigenvalue weighted by atomic mass is 35.5. The molecular weight excluding hydrogens is 456 g/mol. The molecule has 1 aromatic carbocycles. The molecule has 9 nitrogen and oxygen atoms in total. The second-order valence-electron chi connectivity index (χ2n) is 8.09. The van der Waals surface area contributed by atoms with Gasteiger partial charge < -0.3 is 24.6 Å². The fourth-order valence-electron chi connectivity index (χ4n) is 4.06. The number of morpholine rings is 1. The number of fused-ring (bicyclic) bond motifs is 1. The largest absolute Gasteiger partial charge is 0.495 e. The fraction of sp³-hybridized carbons (Fsp3) is 0.333. The van der Waals surface area contributed by atoms with Crippen molar-refractivity contribution >= 4 is 35.0 Å². The molecule has 1 amide bonds. The van der Waals surface area contributed by atoms with Gasteiger partial charge in [-0.1, -0.05) is 11.6 Å². The van der Waals surface area contributed by atoms with Crippen LogP contribution in [-0.2, 0) is 17.7 Å². The summed E-state index contributed by atoms with van der Waals surface area (Å²) in [5.74, 6) is 1.87. The van der Waals surface area contributed by atoms with Crippen molar-refractivity contribution in [3.05, 3.63) is 64.6 Å². The van der Waals surface area contributed by atoms with Crippen molar-refractivity contribution in [2.45, 2.75) is 13.0 Å². The lowest BCUT2D eigenvalue weighted by Gasteiger charge is -2.32. The van der Waals surface area contributed by atoms with E-state index in [0.29, 0.717) is 55.1 Å². The van der Waals surface area contributed by atoms with Crippen LogP contribution < -0.4 is 15.0 Å². The predicted octanol–water partition coefficient (Wildman–Crippen LogP) is 3.31. The van der Waals surface area contributed by atoms with E-state index in [1.807, 2.05) is 24.3 Å². The average molecular weight is 481 g/mol. The van der Waals surface area contributed by atoms with Crippen molar-refractivity contribution in [1.29, 1.82) is 0 Å². The number of pyridine rings is 1. The first-order valence-corrected chi connectivity index (χ1v) is 11.5. The van der Waals surface area contributed by atoms with E-state index in [0.717, 1.165) is 35.9 Å². The molecule has 34 heavy (non-hydrogen) atoms. The predicted molar refractivity (Wildman–Crippen MR) is 129 cm³/mol. The molecule has 176 valence electrons. The fourth-order valence-corrected chi connectivity index (χ4v) is 4.18. The summed E-state index contributed by atoms with van der Waals surface area (Å²) in [6.45, 7) is 3.64. The van der Waals surface area contributed by atoms with Crippen LogP contribution in [0.2, 0.25) is 5.02 Å². The van der Waals surface area contributed by atoms with Gasteiger partial charge in [0.05, 0.1) is 38.8 Å². The van der Waals surface area contributed by atoms with Gasteiger partial charge in [0.2, 0.25) is 5.95 Å². The topological polar surface area (TPSA) is 92.7 Å². The second kappa shape index (κ2) is 9.82. The van der Waals surface area contributed by atoms with Crippen LogP contribution in [0.5, 0.6) is 5.75 Å². The summed E-state index contributed by atoms with van der Waals surface area (Å²) in [5, 5.41) is 4.10. The molecule has 2 aliphatic heterocycles. The van der Waals surface area contributed by atoms with Gasteiger partial charge in [0.1, 0.15) is 17.3 Å². The molecule has 10 heteroatoms. The van der Waals surface area contributed by atoms with Crippen molar-refractivity contribution in [2.24, 2.45) is 0 Å². The lowest BCUT2D eigenvalue weighted by atomic mass is 10.0. The molecule has 0 aliphatic carbocycles. The van der Waals surface area contributed by atoms with Crippen LogP contribution in [-0.4, -0.2) is 65.7 Å². The van der Waals surface area contributed by atoms with Gasteiger partial charge in [0, 0.05) is 35.9 Å². The zero-order valence-electron chi connectivity index (χ0n) is 18.8. The Balaban J connectivity index is 1.45. The Hall–Kier alpha value is -3.43. The summed E-state index contributed by atoms with van der Waals surface area (Å²) in [7, 11) is 1.57. The first-order valence-electron chi connectivity index (χ1n) is 11.1. The molecule has 1 fully saturated rings. The van der Waals surface area contributed by atoms with E-state index < -0.39 is 0 Å². The number of rotatable bonds is 5. The molecule has 0 saturated carbocycles. The summed E-state index contributed by atoms with van der Waals surface area (Å²) in [6.07, 6.45) is 2.19. The monoisotopic (exact) mass is 480 g/mol. The number of methoxy groups -OCH3 is 1. The van der Waals surface area contributed by atoms with Crippen LogP contribution in [0.4, 0.5) is 17.5 Å². The Labute approximate surface area is 202 Å². The Morgan fingerprint density at radius 1 is 1.09 bits per heavy atom. The third-order valence-electron chi connectivity index (χ3n) is 5.93. The molecule has 3 aromatic rings. The number of nitrogens with one attached hydrogen (secondary N) is 1. The third kappa shape index (κ3) is 4.76. The molecule has 1 N–H and O–H groups in total. The Kier molecular flexibility index (Phi) is 6.46. The number of aromatic nitrogens is 3. The molecule has 0 spiro atoms. The minimum absolute atomic E-state index is 0.132. The molecule has 0 atom stereocenters. The van der Waals surface area contributed by atoms with Crippen molar-refractivity contribution in [3.63, 3.8) is 0 Å². The number of hydrogen-bond acceptors (Lipinski definition) is 8. The smallest absolute Gasteiger partial charge is 0.272 e. The maximum Gasteiger partial charge on any atom is 0.272 e. The highest BCUT2D eigenvalue weighted by Gasteiger charge is 2.28. The quantitative estimate of drug-likeness (QED) is 0.594. The third-order valence-corrected chi connectivity index (χ3v) is 6.18. The zero-order valence-corrected chi connectivity index (χ0v) is 19.6. The number of benzene rings is 1. The van der Waals surface area contributed by atoms with Crippen LogP contribution in [0.1, 0.15) is 21.7 Å². The van der Waals surface area contributed by atoms with Crippen LogP contribution in [0.15, 0.2) is 42.6 Å². The van der Waals surface area contributed by atoms with Gasteiger partial charge in [-0.2, -0.15) is 4.98 Å². The maximum atomic E-state index is 13.1. The van der Waals surface area contributed by atoms with Crippen LogP contribution in [0.3, 0.4) is 0 Å². The van der Waals surface area contributed by atoms with Gasteiger partial charge in [-0.3, -0.25) is 4.79 Å². The van der Waals surface area contributed by atoms with Gasteiger partial charge in [-0.05, 0) is 42.8 Å². The minimum atomic E-state index is -0.132. The number of carbonyl (C=O) groups is 1. The number of ether oxygens (including phenoxy) is 2. The highest BCUT2D eigenvalue weighted by Crippen LogP contribution is 2.30. The highest BCUT2D eigenvalue weighted by molar-refractivity contribution is 6.30.